The van der Waals surface area contributed by atoms with Crippen LogP contribution in [-0.2, 0) is 4.74 Å². The molecule has 2 aromatic carbocycles. The Labute approximate surface area is 193 Å². The van der Waals surface area contributed by atoms with Crippen molar-refractivity contribution in [3.63, 3.8) is 0 Å². The van der Waals surface area contributed by atoms with E-state index in [4.69, 9.17) is 16.3 Å². The third-order valence-electron chi connectivity index (χ3n) is 5.08. The minimum Gasteiger partial charge on any atom is -0.394 e. The highest BCUT2D eigenvalue weighted by Crippen LogP contribution is 2.39. The molecular formula is C20H16ClF4N3O4S. The SMILES string of the molecule is OC[C@H]1O[C@H](Sc2cc(Cl)ccc2F)[C@H](O)[C@@H](n2cc(-c3cc(F)c(F)c(F)c3)nn2)[C@H]1O. The summed E-state index contributed by atoms with van der Waals surface area (Å²) in [4.78, 5) is 0.0647. The van der Waals surface area contributed by atoms with E-state index in [-0.39, 0.29) is 21.2 Å². The number of ether oxygens (including phenoxy) is 1. The molecule has 2 heterocycles. The number of halogens is 5. The third-order valence-corrected chi connectivity index (χ3v) is 6.50. The minimum atomic E-state index is -1.64. The summed E-state index contributed by atoms with van der Waals surface area (Å²) in [6.07, 6.45) is -2.94. The van der Waals surface area contributed by atoms with Crippen LogP contribution in [-0.4, -0.2) is 60.7 Å². The standard InChI is InChI=1S/C20H16ClF4N3O4S/c21-9-1-2-10(22)15(5-9)33-20-19(31)17(18(30)14(7-29)32-20)28-6-13(26-27-28)8-3-11(23)16(25)12(24)4-8/h1-6,14,17-20,29-31H,7H2/t14-,17+,18+,19-,20-/m1/s1. The number of nitrogens with zero attached hydrogens (tertiary/aromatic N) is 3. The van der Waals surface area contributed by atoms with E-state index in [1.54, 1.807) is 0 Å². The normalized spacial score (nSPS) is 25.4. The van der Waals surface area contributed by atoms with Crippen molar-refractivity contribution >= 4 is 23.4 Å². The van der Waals surface area contributed by atoms with Crippen LogP contribution in [0.2, 0.25) is 5.02 Å². The quantitative estimate of drug-likeness (QED) is 0.362. The number of hydrogen-bond acceptors (Lipinski definition) is 7. The van der Waals surface area contributed by atoms with Gasteiger partial charge >= 0.3 is 0 Å². The van der Waals surface area contributed by atoms with Gasteiger partial charge in [-0.1, -0.05) is 28.6 Å². The van der Waals surface area contributed by atoms with E-state index in [1.165, 1.54) is 18.3 Å². The molecule has 33 heavy (non-hydrogen) atoms. The molecule has 5 atom stereocenters. The molecule has 0 saturated carbocycles. The molecule has 13 heteroatoms. The predicted octanol–water partition coefficient (Wildman–Crippen LogP) is 2.93. The number of rotatable bonds is 5. The van der Waals surface area contributed by atoms with Crippen LogP contribution in [0, 0.1) is 23.3 Å². The van der Waals surface area contributed by atoms with Crippen LogP contribution in [0.25, 0.3) is 11.3 Å². The molecule has 1 saturated heterocycles. The van der Waals surface area contributed by atoms with Gasteiger partial charge in [0, 0.05) is 15.5 Å². The molecule has 1 aliphatic heterocycles. The van der Waals surface area contributed by atoms with Crippen molar-refractivity contribution in [3.8, 4) is 11.3 Å². The van der Waals surface area contributed by atoms with Crippen LogP contribution in [0.5, 0.6) is 0 Å². The van der Waals surface area contributed by atoms with Crippen LogP contribution in [0.1, 0.15) is 6.04 Å². The molecule has 176 valence electrons. The first-order chi connectivity index (χ1) is 15.7. The van der Waals surface area contributed by atoms with Crippen LogP contribution < -0.4 is 0 Å². The lowest BCUT2D eigenvalue weighted by atomic mass is 9.97. The van der Waals surface area contributed by atoms with E-state index >= 15 is 0 Å². The van der Waals surface area contributed by atoms with Crippen LogP contribution >= 0.6 is 23.4 Å². The smallest absolute Gasteiger partial charge is 0.194 e. The molecule has 0 unspecified atom stereocenters. The largest absolute Gasteiger partial charge is 0.394 e. The molecule has 1 fully saturated rings. The monoisotopic (exact) mass is 505 g/mol. The summed E-state index contributed by atoms with van der Waals surface area (Å²) in [5, 5.41) is 39.0. The van der Waals surface area contributed by atoms with Crippen molar-refractivity contribution in [1.29, 1.82) is 0 Å². The molecule has 7 nitrogen and oxygen atoms in total. The number of aliphatic hydroxyl groups is 3. The molecule has 0 bridgehead atoms. The maximum Gasteiger partial charge on any atom is 0.194 e. The van der Waals surface area contributed by atoms with Gasteiger partial charge in [-0.2, -0.15) is 0 Å². The summed E-state index contributed by atoms with van der Waals surface area (Å²) in [6.45, 7) is -0.630. The average Bonchev–Trinajstić information content (AvgIpc) is 3.26. The van der Waals surface area contributed by atoms with Crippen molar-refractivity contribution in [2.24, 2.45) is 0 Å². The van der Waals surface area contributed by atoms with Crippen LogP contribution in [0.3, 0.4) is 0 Å². The maximum absolute atomic E-state index is 14.2. The molecule has 0 amide bonds. The lowest BCUT2D eigenvalue weighted by molar-refractivity contribution is -0.178. The Kier molecular flexibility index (Phi) is 6.93. The van der Waals surface area contributed by atoms with Gasteiger partial charge in [0.05, 0.1) is 12.8 Å². The number of aliphatic hydroxyl groups excluding tert-OH is 3. The highest BCUT2D eigenvalue weighted by molar-refractivity contribution is 7.99. The summed E-state index contributed by atoms with van der Waals surface area (Å²) in [7, 11) is 0. The molecule has 3 N–H and O–H groups in total. The zero-order valence-corrected chi connectivity index (χ0v) is 18.0. The Morgan fingerprint density at radius 3 is 2.39 bits per heavy atom. The predicted molar refractivity (Wildman–Crippen MR) is 109 cm³/mol. The summed E-state index contributed by atoms with van der Waals surface area (Å²) < 4.78 is 61.2. The van der Waals surface area contributed by atoms with E-state index in [0.29, 0.717) is 0 Å². The lowest BCUT2D eigenvalue weighted by Crippen LogP contribution is -2.55. The van der Waals surface area contributed by atoms with Crippen LogP contribution in [0.15, 0.2) is 41.4 Å². The molecule has 0 aliphatic carbocycles. The van der Waals surface area contributed by atoms with Gasteiger partial charge in [0.15, 0.2) is 17.5 Å². The van der Waals surface area contributed by atoms with E-state index < -0.39 is 59.7 Å². The summed E-state index contributed by atoms with van der Waals surface area (Å²) in [5.41, 5.74) is -1.35. The Bertz CT molecular complexity index is 1150. The Morgan fingerprint density at radius 1 is 1.03 bits per heavy atom. The van der Waals surface area contributed by atoms with E-state index in [9.17, 15) is 32.9 Å². The fraction of sp³-hybridized carbons (Fsp3) is 0.300. The van der Waals surface area contributed by atoms with E-state index in [0.717, 1.165) is 34.6 Å². The van der Waals surface area contributed by atoms with Gasteiger partial charge in [-0.3, -0.25) is 0 Å². The number of thioether (sulfide) groups is 1. The fourth-order valence-corrected chi connectivity index (χ4v) is 4.79. The highest BCUT2D eigenvalue weighted by Gasteiger charge is 2.46. The number of hydrogen-bond donors (Lipinski definition) is 3. The van der Waals surface area contributed by atoms with E-state index in [1.807, 2.05) is 0 Å². The second-order valence-corrected chi connectivity index (χ2v) is 8.80. The lowest BCUT2D eigenvalue weighted by Gasteiger charge is -2.41. The molecule has 3 aromatic rings. The van der Waals surface area contributed by atoms with Crippen molar-refractivity contribution in [3.05, 3.63) is 64.8 Å². The van der Waals surface area contributed by atoms with Crippen molar-refractivity contribution in [2.75, 3.05) is 6.61 Å². The molecular weight excluding hydrogens is 490 g/mol. The molecule has 1 aliphatic rings. The highest BCUT2D eigenvalue weighted by atomic mass is 35.5. The number of benzene rings is 2. The third kappa shape index (κ3) is 4.72. The van der Waals surface area contributed by atoms with Gasteiger partial charge in [-0.05, 0) is 30.3 Å². The average molecular weight is 506 g/mol. The Balaban J connectivity index is 1.65. The van der Waals surface area contributed by atoms with Gasteiger partial charge < -0.3 is 20.1 Å². The minimum absolute atomic E-state index is 0.0647. The molecule has 0 spiro atoms. The topological polar surface area (TPSA) is 101 Å². The maximum atomic E-state index is 14.2. The molecule has 0 radical (unpaired) electrons. The second-order valence-electron chi connectivity index (χ2n) is 7.23. The van der Waals surface area contributed by atoms with Gasteiger partial charge in [-0.15, -0.1) is 5.10 Å². The van der Waals surface area contributed by atoms with Crippen LogP contribution in [0.4, 0.5) is 17.6 Å². The zero-order chi connectivity index (χ0) is 23.9. The summed E-state index contributed by atoms with van der Waals surface area (Å²) in [6, 6.07) is 4.03. The Morgan fingerprint density at radius 2 is 1.73 bits per heavy atom. The van der Waals surface area contributed by atoms with Gasteiger partial charge in [0.25, 0.3) is 0 Å². The summed E-state index contributed by atoms with van der Waals surface area (Å²) in [5.74, 6) is -5.11. The molecule has 1 aromatic heterocycles. The fourth-order valence-electron chi connectivity index (χ4n) is 3.43. The van der Waals surface area contributed by atoms with Gasteiger partial charge in [0.1, 0.15) is 41.3 Å². The summed E-state index contributed by atoms with van der Waals surface area (Å²) >= 11 is 6.69. The first kappa shape index (κ1) is 23.9. The zero-order valence-electron chi connectivity index (χ0n) is 16.4. The molecule has 4 rings (SSSR count). The first-order valence-electron chi connectivity index (χ1n) is 9.50. The van der Waals surface area contributed by atoms with Gasteiger partial charge in [-0.25, -0.2) is 22.2 Å². The van der Waals surface area contributed by atoms with E-state index in [2.05, 4.69) is 10.3 Å². The van der Waals surface area contributed by atoms with Crippen molar-refractivity contribution in [1.82, 2.24) is 15.0 Å². The van der Waals surface area contributed by atoms with Crippen molar-refractivity contribution < 1.29 is 37.6 Å². The number of aromatic nitrogens is 3. The van der Waals surface area contributed by atoms with Crippen molar-refractivity contribution in [2.45, 2.75) is 34.7 Å². The first-order valence-corrected chi connectivity index (χ1v) is 10.8. The Hall–Kier alpha value is -2.22. The second kappa shape index (κ2) is 9.57. The van der Waals surface area contributed by atoms with Gasteiger partial charge in [0.2, 0.25) is 0 Å².